The molecule has 2 atom stereocenters. The number of benzene rings is 2. The monoisotopic (exact) mass is 538 g/mol. The second-order valence-electron chi connectivity index (χ2n) is 10.4. The number of aryl methyl sites for hydroxylation is 1. The Morgan fingerprint density at radius 2 is 1.74 bits per heavy atom. The summed E-state index contributed by atoms with van der Waals surface area (Å²) in [6, 6.07) is 9.78. The quantitative estimate of drug-likeness (QED) is 0.542. The maximum atomic E-state index is 13.9. The molecule has 0 saturated carbocycles. The first-order valence-corrected chi connectivity index (χ1v) is 13.2. The third-order valence-electron chi connectivity index (χ3n) is 7.91. The van der Waals surface area contributed by atoms with E-state index in [9.17, 15) is 23.6 Å². The fraction of sp³-hybridized carbons (Fsp3) is 0.448. The first-order chi connectivity index (χ1) is 18.5. The highest BCUT2D eigenvalue weighted by molar-refractivity contribution is 6.16. The third-order valence-corrected chi connectivity index (χ3v) is 7.91. The van der Waals surface area contributed by atoms with E-state index in [0.29, 0.717) is 23.4 Å². The molecule has 2 aliphatic heterocycles. The minimum atomic E-state index is -1.11. The van der Waals surface area contributed by atoms with Crippen LogP contribution in [0.1, 0.15) is 49.0 Å². The summed E-state index contributed by atoms with van der Waals surface area (Å²) in [6.45, 7) is 5.98. The zero-order valence-corrected chi connectivity index (χ0v) is 23.0. The zero-order chi connectivity index (χ0) is 28.5. The van der Waals surface area contributed by atoms with E-state index >= 15 is 0 Å². The topological polar surface area (TPSA) is 99.3 Å². The van der Waals surface area contributed by atoms with Crippen LogP contribution < -0.4 is 15.0 Å². The van der Waals surface area contributed by atoms with E-state index in [-0.39, 0.29) is 49.2 Å². The smallest absolute Gasteiger partial charge is 0.331 e. The van der Waals surface area contributed by atoms with Crippen LogP contribution in [0.25, 0.3) is 0 Å². The molecule has 2 heterocycles. The van der Waals surface area contributed by atoms with E-state index in [1.54, 1.807) is 49.3 Å². The van der Waals surface area contributed by atoms with Gasteiger partial charge in [-0.1, -0.05) is 20.3 Å². The van der Waals surface area contributed by atoms with Gasteiger partial charge in [0.2, 0.25) is 5.91 Å². The van der Waals surface area contributed by atoms with Crippen molar-refractivity contribution in [3.05, 3.63) is 59.4 Å². The Morgan fingerprint density at radius 3 is 2.31 bits per heavy atom. The molecule has 9 nitrogen and oxygen atoms in total. The number of likely N-dealkylation sites (N-methyl/N-ethyl adjacent to an activating group) is 1. The van der Waals surface area contributed by atoms with Gasteiger partial charge in [-0.05, 0) is 73.7 Å². The van der Waals surface area contributed by atoms with E-state index in [2.05, 4.69) is 5.32 Å². The van der Waals surface area contributed by atoms with E-state index in [1.165, 1.54) is 18.0 Å². The SMILES string of the molecule is CCC(C)C(NC(=O)c1cc(C)cc(F)c1)C(=O)N1CCC2(CC1)C(=O)N(C)C(=O)N2c1ccc(OC)cc1. The maximum absolute atomic E-state index is 13.9. The Kier molecular flexibility index (Phi) is 7.94. The lowest BCUT2D eigenvalue weighted by molar-refractivity contribution is -0.139. The molecule has 2 fully saturated rings. The minimum Gasteiger partial charge on any atom is -0.497 e. The Balaban J connectivity index is 1.54. The first-order valence-electron chi connectivity index (χ1n) is 13.2. The van der Waals surface area contributed by atoms with Crippen LogP contribution in [0.3, 0.4) is 0 Å². The van der Waals surface area contributed by atoms with Gasteiger partial charge in [-0.25, -0.2) is 9.18 Å². The molecule has 4 rings (SSSR count). The average molecular weight is 539 g/mol. The van der Waals surface area contributed by atoms with Crippen molar-refractivity contribution >= 4 is 29.4 Å². The Hall–Kier alpha value is -3.95. The van der Waals surface area contributed by atoms with Crippen molar-refractivity contribution in [3.63, 3.8) is 0 Å². The summed E-state index contributed by atoms with van der Waals surface area (Å²) in [5.41, 5.74) is 0.230. The molecule has 0 aliphatic carbocycles. The van der Waals surface area contributed by atoms with Gasteiger partial charge >= 0.3 is 6.03 Å². The predicted octanol–water partition coefficient (Wildman–Crippen LogP) is 3.75. The third kappa shape index (κ3) is 5.20. The highest BCUT2D eigenvalue weighted by Crippen LogP contribution is 2.40. The van der Waals surface area contributed by atoms with Crippen LogP contribution in [0.2, 0.25) is 0 Å². The lowest BCUT2D eigenvalue weighted by Crippen LogP contribution is -2.60. The second kappa shape index (κ2) is 11.0. The van der Waals surface area contributed by atoms with Crippen molar-refractivity contribution in [2.75, 3.05) is 32.1 Å². The highest BCUT2D eigenvalue weighted by Gasteiger charge is 2.58. The lowest BCUT2D eigenvalue weighted by Gasteiger charge is -2.43. The highest BCUT2D eigenvalue weighted by atomic mass is 19.1. The van der Waals surface area contributed by atoms with E-state index in [4.69, 9.17) is 4.74 Å². The van der Waals surface area contributed by atoms with Crippen LogP contribution in [0.5, 0.6) is 5.75 Å². The second-order valence-corrected chi connectivity index (χ2v) is 10.4. The van der Waals surface area contributed by atoms with Crippen molar-refractivity contribution in [2.45, 2.75) is 51.6 Å². The van der Waals surface area contributed by atoms with Crippen molar-refractivity contribution in [2.24, 2.45) is 5.92 Å². The van der Waals surface area contributed by atoms with Crippen molar-refractivity contribution in [1.29, 1.82) is 0 Å². The molecule has 2 aromatic rings. The van der Waals surface area contributed by atoms with Crippen LogP contribution in [-0.2, 0) is 9.59 Å². The van der Waals surface area contributed by atoms with Gasteiger partial charge in [-0.2, -0.15) is 0 Å². The van der Waals surface area contributed by atoms with E-state index in [0.717, 1.165) is 11.0 Å². The molecule has 5 amide bonds. The molecular weight excluding hydrogens is 503 g/mol. The van der Waals surface area contributed by atoms with Crippen LogP contribution in [0.4, 0.5) is 14.9 Å². The number of amides is 5. The van der Waals surface area contributed by atoms with Crippen LogP contribution in [0.15, 0.2) is 42.5 Å². The predicted molar refractivity (Wildman–Crippen MR) is 144 cm³/mol. The molecule has 1 N–H and O–H groups in total. The first kappa shape index (κ1) is 28.1. The number of hydrogen-bond donors (Lipinski definition) is 1. The van der Waals surface area contributed by atoms with Gasteiger partial charge in [-0.3, -0.25) is 24.2 Å². The number of piperidine rings is 1. The number of likely N-dealkylation sites (tertiary alicyclic amines) is 1. The van der Waals surface area contributed by atoms with Crippen molar-refractivity contribution in [1.82, 2.24) is 15.1 Å². The molecule has 10 heteroatoms. The summed E-state index contributed by atoms with van der Waals surface area (Å²) in [4.78, 5) is 57.5. The number of carbonyl (C=O) groups excluding carboxylic acids is 4. The van der Waals surface area contributed by atoms with Crippen molar-refractivity contribution < 1.29 is 28.3 Å². The molecular formula is C29H35FN4O5. The number of rotatable bonds is 7. The molecule has 0 aromatic heterocycles. The Morgan fingerprint density at radius 1 is 1.10 bits per heavy atom. The number of nitrogens with zero attached hydrogens (tertiary/aromatic N) is 3. The molecule has 2 saturated heterocycles. The summed E-state index contributed by atoms with van der Waals surface area (Å²) in [5.74, 6) is -1.15. The number of urea groups is 1. The summed E-state index contributed by atoms with van der Waals surface area (Å²) in [7, 11) is 3.02. The van der Waals surface area contributed by atoms with Crippen LogP contribution in [0, 0.1) is 18.7 Å². The van der Waals surface area contributed by atoms with E-state index in [1.807, 2.05) is 13.8 Å². The molecule has 208 valence electrons. The normalized spacial score (nSPS) is 18.4. The number of methoxy groups -OCH3 is 1. The average Bonchev–Trinajstić information content (AvgIpc) is 3.11. The number of carbonyl (C=O) groups is 4. The van der Waals surface area contributed by atoms with Gasteiger partial charge in [0.15, 0.2) is 0 Å². The molecule has 0 radical (unpaired) electrons. The summed E-state index contributed by atoms with van der Waals surface area (Å²) in [5, 5.41) is 2.82. The number of ether oxygens (including phenoxy) is 1. The number of imide groups is 1. The molecule has 1 spiro atoms. The number of anilines is 1. The van der Waals surface area contributed by atoms with Crippen LogP contribution in [-0.4, -0.2) is 72.4 Å². The van der Waals surface area contributed by atoms with Gasteiger partial charge in [0.05, 0.1) is 7.11 Å². The fourth-order valence-corrected chi connectivity index (χ4v) is 5.42. The lowest BCUT2D eigenvalue weighted by atomic mass is 9.84. The maximum Gasteiger partial charge on any atom is 0.331 e. The van der Waals surface area contributed by atoms with Gasteiger partial charge in [-0.15, -0.1) is 0 Å². The van der Waals surface area contributed by atoms with Gasteiger partial charge in [0.1, 0.15) is 23.1 Å². The number of nitrogens with one attached hydrogen (secondary N) is 1. The van der Waals surface area contributed by atoms with Gasteiger partial charge < -0.3 is 15.0 Å². The molecule has 2 aliphatic rings. The molecule has 39 heavy (non-hydrogen) atoms. The summed E-state index contributed by atoms with van der Waals surface area (Å²) < 4.78 is 19.1. The Bertz CT molecular complexity index is 1250. The fourth-order valence-electron chi connectivity index (χ4n) is 5.42. The van der Waals surface area contributed by atoms with Gasteiger partial charge in [0, 0.05) is 31.4 Å². The van der Waals surface area contributed by atoms with Crippen LogP contribution >= 0.6 is 0 Å². The van der Waals surface area contributed by atoms with Crippen molar-refractivity contribution in [3.8, 4) is 5.75 Å². The van der Waals surface area contributed by atoms with E-state index < -0.39 is 29.3 Å². The summed E-state index contributed by atoms with van der Waals surface area (Å²) in [6.07, 6.45) is 1.15. The largest absolute Gasteiger partial charge is 0.497 e. The van der Waals surface area contributed by atoms with Gasteiger partial charge in [0.25, 0.3) is 11.8 Å². The standard InChI is InChI=1S/C29H35FN4O5/c1-6-19(3)24(31-25(35)20-15-18(2)16-21(30)17-20)26(36)33-13-11-29(12-14-33)27(37)32(4)28(38)34(29)22-7-9-23(39-5)10-8-22/h7-10,15-17,19,24H,6,11-14H2,1-5H3,(H,31,35). The minimum absolute atomic E-state index is 0.152. The molecule has 0 bridgehead atoms. The zero-order valence-electron chi connectivity index (χ0n) is 23.0. The Labute approximate surface area is 227 Å². The molecule has 2 unspecified atom stereocenters. The summed E-state index contributed by atoms with van der Waals surface area (Å²) >= 11 is 0. The number of hydrogen-bond acceptors (Lipinski definition) is 5. The molecule has 2 aromatic carbocycles. The number of halogens is 1.